The summed E-state index contributed by atoms with van der Waals surface area (Å²) in [6, 6.07) is 18.2. The van der Waals surface area contributed by atoms with Crippen LogP contribution in [0.4, 0.5) is 5.69 Å². The van der Waals surface area contributed by atoms with Gasteiger partial charge in [0.25, 0.3) is 10.0 Å². The van der Waals surface area contributed by atoms with Gasteiger partial charge in [0.2, 0.25) is 11.8 Å². The van der Waals surface area contributed by atoms with E-state index in [2.05, 4.69) is 5.32 Å². The lowest BCUT2D eigenvalue weighted by molar-refractivity contribution is -0.140. The van der Waals surface area contributed by atoms with E-state index < -0.39 is 28.5 Å². The Morgan fingerprint density at radius 1 is 0.951 bits per heavy atom. The summed E-state index contributed by atoms with van der Waals surface area (Å²) in [6.07, 6.45) is 0.312. The Bertz CT molecular complexity index is 1430. The number of hydrogen-bond acceptors (Lipinski definition) is 5. The van der Waals surface area contributed by atoms with Gasteiger partial charge >= 0.3 is 0 Å². The SMILES string of the molecule is CC[C@H](C(=O)NCC(C)C)N(Cc1ccccc1Cl)C(=O)CN(c1ccc(Cl)cc1)S(=O)(=O)c1ccc(OC)cc1. The molecule has 0 aromatic heterocycles. The highest BCUT2D eigenvalue weighted by Gasteiger charge is 2.34. The number of carbonyl (C=O) groups excluding carboxylic acids is 2. The number of benzene rings is 3. The van der Waals surface area contributed by atoms with Crippen LogP contribution in [0.25, 0.3) is 0 Å². The number of ether oxygens (including phenoxy) is 1. The van der Waals surface area contributed by atoms with Gasteiger partial charge in [-0.1, -0.05) is 62.2 Å². The Hall–Kier alpha value is -3.27. The molecule has 11 heteroatoms. The molecule has 0 unspecified atom stereocenters. The minimum Gasteiger partial charge on any atom is -0.497 e. The quantitative estimate of drug-likeness (QED) is 0.262. The van der Waals surface area contributed by atoms with Gasteiger partial charge in [-0.05, 0) is 72.5 Å². The third-order valence-electron chi connectivity index (χ3n) is 6.41. The summed E-state index contributed by atoms with van der Waals surface area (Å²) < 4.78 is 34.0. The average molecular weight is 621 g/mol. The molecule has 0 spiro atoms. The fourth-order valence-electron chi connectivity index (χ4n) is 4.16. The van der Waals surface area contributed by atoms with Gasteiger partial charge in [-0.2, -0.15) is 0 Å². The number of methoxy groups -OCH3 is 1. The first-order valence-electron chi connectivity index (χ1n) is 13.2. The molecule has 8 nitrogen and oxygen atoms in total. The zero-order chi connectivity index (χ0) is 30.2. The summed E-state index contributed by atoms with van der Waals surface area (Å²) in [7, 11) is -2.73. The summed E-state index contributed by atoms with van der Waals surface area (Å²) >= 11 is 12.5. The summed E-state index contributed by atoms with van der Waals surface area (Å²) in [6.45, 7) is 5.64. The van der Waals surface area contributed by atoms with Gasteiger partial charge in [0.1, 0.15) is 18.3 Å². The lowest BCUT2D eigenvalue weighted by Crippen LogP contribution is -2.52. The maximum atomic E-state index is 14.1. The molecule has 0 aliphatic carbocycles. The predicted octanol–water partition coefficient (Wildman–Crippen LogP) is 5.78. The van der Waals surface area contributed by atoms with E-state index in [9.17, 15) is 18.0 Å². The number of rotatable bonds is 13. The second kappa shape index (κ2) is 14.6. The summed E-state index contributed by atoms with van der Waals surface area (Å²) in [5.74, 6) is -0.192. The van der Waals surface area contributed by atoms with Crippen molar-refractivity contribution < 1.29 is 22.7 Å². The maximum Gasteiger partial charge on any atom is 0.264 e. The average Bonchev–Trinajstić information content (AvgIpc) is 2.96. The smallest absolute Gasteiger partial charge is 0.264 e. The van der Waals surface area contributed by atoms with Crippen LogP contribution in [0.3, 0.4) is 0 Å². The van der Waals surface area contributed by atoms with E-state index in [4.69, 9.17) is 27.9 Å². The second-order valence-electron chi connectivity index (χ2n) is 9.84. The third-order valence-corrected chi connectivity index (χ3v) is 8.82. The molecular formula is C30H35Cl2N3O5S. The highest BCUT2D eigenvalue weighted by molar-refractivity contribution is 7.92. The van der Waals surface area contributed by atoms with E-state index in [1.54, 1.807) is 43.3 Å². The number of hydrogen-bond donors (Lipinski definition) is 1. The van der Waals surface area contributed by atoms with Gasteiger partial charge in [-0.15, -0.1) is 0 Å². The molecule has 3 rings (SSSR count). The van der Waals surface area contributed by atoms with Gasteiger partial charge in [0.15, 0.2) is 0 Å². The van der Waals surface area contributed by atoms with Gasteiger partial charge in [-0.3, -0.25) is 13.9 Å². The predicted molar refractivity (Wildman–Crippen MR) is 163 cm³/mol. The van der Waals surface area contributed by atoms with Crippen molar-refractivity contribution >= 4 is 50.7 Å². The number of carbonyl (C=O) groups is 2. The largest absolute Gasteiger partial charge is 0.497 e. The van der Waals surface area contributed by atoms with Gasteiger partial charge in [0, 0.05) is 23.1 Å². The van der Waals surface area contributed by atoms with E-state index in [-0.39, 0.29) is 29.0 Å². The van der Waals surface area contributed by atoms with Crippen LogP contribution in [-0.4, -0.2) is 51.4 Å². The summed E-state index contributed by atoms with van der Waals surface area (Å²) in [5.41, 5.74) is 0.877. The molecule has 0 radical (unpaired) electrons. The molecule has 1 atom stereocenters. The molecule has 41 heavy (non-hydrogen) atoms. The molecule has 0 aliphatic rings. The van der Waals surface area contributed by atoms with Crippen molar-refractivity contribution in [3.63, 3.8) is 0 Å². The molecule has 0 aliphatic heterocycles. The normalized spacial score (nSPS) is 12.1. The monoisotopic (exact) mass is 619 g/mol. The van der Waals surface area contributed by atoms with Gasteiger partial charge in [-0.25, -0.2) is 8.42 Å². The first-order valence-corrected chi connectivity index (χ1v) is 15.4. The number of nitrogens with one attached hydrogen (secondary N) is 1. The van der Waals surface area contributed by atoms with Crippen molar-refractivity contribution in [3.05, 3.63) is 88.4 Å². The standard InChI is InChI=1S/C30H35Cl2N3O5S/c1-5-28(30(37)33-18-21(2)3)34(19-22-8-6-7-9-27(22)32)29(36)20-35(24-12-10-23(31)11-13-24)41(38,39)26-16-14-25(40-4)15-17-26/h6-17,21,28H,5,18-20H2,1-4H3,(H,33,37)/t28-/m1/s1. The van der Waals surface area contributed by atoms with Crippen LogP contribution in [0.5, 0.6) is 5.75 Å². The second-order valence-corrected chi connectivity index (χ2v) is 12.5. The van der Waals surface area contributed by atoms with E-state index in [0.29, 0.717) is 34.3 Å². The van der Waals surface area contributed by atoms with Crippen LogP contribution in [0.1, 0.15) is 32.8 Å². The molecular weight excluding hydrogens is 585 g/mol. The first kappa shape index (κ1) is 32.2. The van der Waals surface area contributed by atoms with Crippen LogP contribution in [0.15, 0.2) is 77.7 Å². The molecule has 0 fully saturated rings. The van der Waals surface area contributed by atoms with Crippen LogP contribution in [0, 0.1) is 5.92 Å². The molecule has 0 heterocycles. The zero-order valence-corrected chi connectivity index (χ0v) is 25.8. The molecule has 3 aromatic carbocycles. The van der Waals surface area contributed by atoms with E-state index in [1.807, 2.05) is 13.8 Å². The molecule has 3 aromatic rings. The Morgan fingerprint density at radius 3 is 2.15 bits per heavy atom. The van der Waals surface area contributed by atoms with Crippen molar-refractivity contribution in [2.75, 3.05) is 24.5 Å². The van der Waals surface area contributed by atoms with Crippen molar-refractivity contribution in [3.8, 4) is 5.75 Å². The summed E-state index contributed by atoms with van der Waals surface area (Å²) in [4.78, 5) is 28.7. The fourth-order valence-corrected chi connectivity index (χ4v) is 5.90. The highest BCUT2D eigenvalue weighted by Crippen LogP contribution is 2.28. The van der Waals surface area contributed by atoms with Crippen LogP contribution in [-0.2, 0) is 26.2 Å². The molecule has 0 bridgehead atoms. The minimum atomic E-state index is -4.22. The molecule has 2 amide bonds. The minimum absolute atomic E-state index is 0.0170. The van der Waals surface area contributed by atoms with Crippen molar-refractivity contribution in [1.82, 2.24) is 10.2 Å². The Labute approximate surface area is 252 Å². The molecule has 0 saturated carbocycles. The Balaban J connectivity index is 2.05. The van der Waals surface area contributed by atoms with E-state index in [0.717, 1.165) is 4.31 Å². The van der Waals surface area contributed by atoms with Crippen LogP contribution >= 0.6 is 23.2 Å². The lowest BCUT2D eigenvalue weighted by atomic mass is 10.1. The number of halogens is 2. The topological polar surface area (TPSA) is 96.0 Å². The number of nitrogens with zero attached hydrogens (tertiary/aromatic N) is 2. The van der Waals surface area contributed by atoms with Crippen molar-refractivity contribution in [1.29, 1.82) is 0 Å². The number of sulfonamides is 1. The zero-order valence-electron chi connectivity index (χ0n) is 23.5. The fraction of sp³-hybridized carbons (Fsp3) is 0.333. The third kappa shape index (κ3) is 8.38. The molecule has 220 valence electrons. The van der Waals surface area contributed by atoms with E-state index >= 15 is 0 Å². The molecule has 0 saturated heterocycles. The Kier molecular flexibility index (Phi) is 11.5. The van der Waals surface area contributed by atoms with E-state index in [1.165, 1.54) is 48.4 Å². The highest BCUT2D eigenvalue weighted by atomic mass is 35.5. The molecule has 1 N–H and O–H groups in total. The van der Waals surface area contributed by atoms with Gasteiger partial charge in [0.05, 0.1) is 17.7 Å². The lowest BCUT2D eigenvalue weighted by Gasteiger charge is -2.33. The maximum absolute atomic E-state index is 14.1. The van der Waals surface area contributed by atoms with Crippen molar-refractivity contribution in [2.24, 2.45) is 5.92 Å². The van der Waals surface area contributed by atoms with Gasteiger partial charge < -0.3 is 15.0 Å². The number of amides is 2. The number of anilines is 1. The van der Waals surface area contributed by atoms with Crippen molar-refractivity contribution in [2.45, 2.75) is 44.7 Å². The Morgan fingerprint density at radius 2 is 1.59 bits per heavy atom. The van der Waals surface area contributed by atoms with Crippen LogP contribution in [0.2, 0.25) is 10.0 Å². The summed E-state index contributed by atoms with van der Waals surface area (Å²) in [5, 5.41) is 3.75. The van der Waals surface area contributed by atoms with Crippen LogP contribution < -0.4 is 14.4 Å². The first-order chi connectivity index (χ1) is 19.5.